The standard InChI is InChI=1S/C14H17BrN2O3/c1-14(6-2-3-11(14)16)13(20)17-10-5-4-8(12(18)19)7-9(10)15/h4-5,7,11H,2-3,6,16H2,1H3,(H,17,20)(H,18,19). The molecule has 108 valence electrons. The van der Waals surface area contributed by atoms with Gasteiger partial charge in [-0.2, -0.15) is 0 Å². The Hall–Kier alpha value is -1.40. The molecule has 1 aliphatic carbocycles. The Labute approximate surface area is 125 Å². The fraction of sp³-hybridized carbons (Fsp3) is 0.429. The highest BCUT2D eigenvalue weighted by Crippen LogP contribution is 2.38. The molecule has 0 radical (unpaired) electrons. The second-order valence-electron chi connectivity index (χ2n) is 5.37. The molecule has 1 aliphatic rings. The minimum absolute atomic E-state index is 0.119. The van der Waals surface area contributed by atoms with Gasteiger partial charge in [0.1, 0.15) is 0 Å². The smallest absolute Gasteiger partial charge is 0.335 e. The lowest BCUT2D eigenvalue weighted by atomic mass is 9.84. The second-order valence-corrected chi connectivity index (χ2v) is 6.22. The Bertz CT molecular complexity index is 561. The van der Waals surface area contributed by atoms with Crippen LogP contribution in [-0.4, -0.2) is 23.0 Å². The molecule has 2 unspecified atom stereocenters. The van der Waals surface area contributed by atoms with Gasteiger partial charge in [-0.1, -0.05) is 6.42 Å². The zero-order valence-corrected chi connectivity index (χ0v) is 12.7. The van der Waals surface area contributed by atoms with Crippen molar-refractivity contribution in [1.82, 2.24) is 0 Å². The Morgan fingerprint density at radius 2 is 2.20 bits per heavy atom. The SMILES string of the molecule is CC1(C(=O)Nc2ccc(C(=O)O)cc2Br)CCCC1N. The first-order valence-electron chi connectivity index (χ1n) is 6.44. The molecule has 1 fully saturated rings. The Morgan fingerprint density at radius 3 is 2.70 bits per heavy atom. The molecule has 0 aliphatic heterocycles. The van der Waals surface area contributed by atoms with Crippen LogP contribution in [0.2, 0.25) is 0 Å². The quantitative estimate of drug-likeness (QED) is 0.788. The molecule has 4 N–H and O–H groups in total. The van der Waals surface area contributed by atoms with Gasteiger partial charge in [0.25, 0.3) is 0 Å². The zero-order chi connectivity index (χ0) is 14.9. The van der Waals surface area contributed by atoms with Crippen LogP contribution >= 0.6 is 15.9 Å². The molecule has 0 aromatic heterocycles. The van der Waals surface area contributed by atoms with Gasteiger partial charge in [0.2, 0.25) is 5.91 Å². The van der Waals surface area contributed by atoms with Gasteiger partial charge in [-0.25, -0.2) is 4.79 Å². The number of nitrogens with one attached hydrogen (secondary N) is 1. The van der Waals surface area contributed by atoms with Gasteiger partial charge in [-0.15, -0.1) is 0 Å². The van der Waals surface area contributed by atoms with Crippen LogP contribution in [0.5, 0.6) is 0 Å². The first-order valence-corrected chi connectivity index (χ1v) is 7.24. The highest BCUT2D eigenvalue weighted by atomic mass is 79.9. The maximum atomic E-state index is 12.4. The number of rotatable bonds is 3. The number of carboxylic acids is 1. The highest BCUT2D eigenvalue weighted by molar-refractivity contribution is 9.10. The van der Waals surface area contributed by atoms with Gasteiger partial charge >= 0.3 is 5.97 Å². The van der Waals surface area contributed by atoms with E-state index in [1.165, 1.54) is 12.1 Å². The van der Waals surface area contributed by atoms with Crippen LogP contribution in [0.3, 0.4) is 0 Å². The number of hydrogen-bond donors (Lipinski definition) is 3. The van der Waals surface area contributed by atoms with Crippen LogP contribution in [0.1, 0.15) is 36.5 Å². The Kier molecular flexibility index (Phi) is 4.15. The number of carbonyl (C=O) groups is 2. The molecule has 5 nitrogen and oxygen atoms in total. The van der Waals surface area contributed by atoms with Crippen molar-refractivity contribution in [1.29, 1.82) is 0 Å². The summed E-state index contributed by atoms with van der Waals surface area (Å²) in [6, 6.07) is 4.36. The maximum absolute atomic E-state index is 12.4. The Morgan fingerprint density at radius 1 is 1.50 bits per heavy atom. The molecule has 0 bridgehead atoms. The van der Waals surface area contributed by atoms with Crippen molar-refractivity contribution in [2.45, 2.75) is 32.2 Å². The summed E-state index contributed by atoms with van der Waals surface area (Å²) in [5.41, 5.74) is 6.18. The Balaban J connectivity index is 2.18. The van der Waals surface area contributed by atoms with Gasteiger partial charge in [-0.3, -0.25) is 4.79 Å². The number of halogens is 1. The third kappa shape index (κ3) is 2.71. The fourth-order valence-corrected chi connectivity index (χ4v) is 2.97. The van der Waals surface area contributed by atoms with Gasteiger partial charge in [0, 0.05) is 10.5 Å². The number of aromatic carboxylic acids is 1. The number of carbonyl (C=O) groups excluding carboxylic acids is 1. The lowest BCUT2D eigenvalue weighted by Crippen LogP contribution is -2.44. The summed E-state index contributed by atoms with van der Waals surface area (Å²) >= 11 is 3.28. The van der Waals surface area contributed by atoms with E-state index < -0.39 is 11.4 Å². The molecule has 1 aromatic rings. The summed E-state index contributed by atoms with van der Waals surface area (Å²) < 4.78 is 0.543. The van der Waals surface area contributed by atoms with E-state index in [1.54, 1.807) is 6.07 Å². The topological polar surface area (TPSA) is 92.4 Å². The number of carboxylic acid groups (broad SMARTS) is 1. The van der Waals surface area contributed by atoms with E-state index in [-0.39, 0.29) is 17.5 Å². The van der Waals surface area contributed by atoms with E-state index >= 15 is 0 Å². The van der Waals surface area contributed by atoms with E-state index in [0.29, 0.717) is 10.2 Å². The van der Waals surface area contributed by atoms with Crippen molar-refractivity contribution in [2.75, 3.05) is 5.32 Å². The minimum Gasteiger partial charge on any atom is -0.478 e. The van der Waals surface area contributed by atoms with E-state index in [0.717, 1.165) is 19.3 Å². The molecular formula is C14H17BrN2O3. The van der Waals surface area contributed by atoms with Crippen molar-refractivity contribution in [2.24, 2.45) is 11.1 Å². The van der Waals surface area contributed by atoms with E-state index in [1.807, 2.05) is 6.92 Å². The first kappa shape index (κ1) is 15.0. The lowest BCUT2D eigenvalue weighted by Gasteiger charge is -2.27. The predicted octanol–water partition coefficient (Wildman–Crippen LogP) is 2.60. The van der Waals surface area contributed by atoms with E-state index in [4.69, 9.17) is 10.8 Å². The van der Waals surface area contributed by atoms with Crippen molar-refractivity contribution in [3.05, 3.63) is 28.2 Å². The van der Waals surface area contributed by atoms with Crippen LogP contribution in [0.25, 0.3) is 0 Å². The second kappa shape index (κ2) is 5.54. The fourth-order valence-electron chi connectivity index (χ4n) is 2.49. The summed E-state index contributed by atoms with van der Waals surface area (Å²) in [6.07, 6.45) is 2.57. The van der Waals surface area contributed by atoms with Crippen molar-refractivity contribution >= 4 is 33.5 Å². The number of anilines is 1. The summed E-state index contributed by atoms with van der Waals surface area (Å²) in [4.78, 5) is 23.3. The molecular weight excluding hydrogens is 324 g/mol. The van der Waals surface area contributed by atoms with Gasteiger partial charge in [0.15, 0.2) is 0 Å². The van der Waals surface area contributed by atoms with E-state index in [2.05, 4.69) is 21.2 Å². The van der Waals surface area contributed by atoms with Crippen molar-refractivity contribution in [3.63, 3.8) is 0 Å². The van der Waals surface area contributed by atoms with Crippen LogP contribution in [0.15, 0.2) is 22.7 Å². The highest BCUT2D eigenvalue weighted by Gasteiger charge is 2.43. The summed E-state index contributed by atoms with van der Waals surface area (Å²) in [6.45, 7) is 1.87. The van der Waals surface area contributed by atoms with Crippen LogP contribution in [-0.2, 0) is 4.79 Å². The zero-order valence-electron chi connectivity index (χ0n) is 11.1. The van der Waals surface area contributed by atoms with Gasteiger partial charge < -0.3 is 16.2 Å². The molecule has 0 saturated heterocycles. The van der Waals surface area contributed by atoms with Crippen molar-refractivity contribution < 1.29 is 14.7 Å². The molecule has 20 heavy (non-hydrogen) atoms. The van der Waals surface area contributed by atoms with Crippen LogP contribution in [0, 0.1) is 5.41 Å². The van der Waals surface area contributed by atoms with Crippen LogP contribution < -0.4 is 11.1 Å². The lowest BCUT2D eigenvalue weighted by molar-refractivity contribution is -0.125. The molecule has 0 heterocycles. The molecule has 6 heteroatoms. The normalized spacial score (nSPS) is 25.4. The average Bonchev–Trinajstić information content (AvgIpc) is 2.73. The summed E-state index contributed by atoms with van der Waals surface area (Å²) in [5, 5.41) is 11.7. The third-order valence-electron chi connectivity index (χ3n) is 4.01. The molecule has 1 aromatic carbocycles. The molecule has 2 rings (SSSR count). The summed E-state index contributed by atoms with van der Waals surface area (Å²) in [5.74, 6) is -1.13. The number of benzene rings is 1. The van der Waals surface area contributed by atoms with Crippen molar-refractivity contribution in [3.8, 4) is 0 Å². The molecule has 1 amide bonds. The molecule has 1 saturated carbocycles. The average molecular weight is 341 g/mol. The third-order valence-corrected chi connectivity index (χ3v) is 4.67. The van der Waals surface area contributed by atoms with Gasteiger partial charge in [-0.05, 0) is 53.9 Å². The maximum Gasteiger partial charge on any atom is 0.335 e. The van der Waals surface area contributed by atoms with E-state index in [9.17, 15) is 9.59 Å². The number of amides is 1. The molecule has 0 spiro atoms. The summed E-state index contributed by atoms with van der Waals surface area (Å²) in [7, 11) is 0. The van der Waals surface area contributed by atoms with Crippen LogP contribution in [0.4, 0.5) is 5.69 Å². The predicted molar refractivity (Wildman–Crippen MR) is 79.7 cm³/mol. The first-order chi connectivity index (χ1) is 9.34. The minimum atomic E-state index is -1.01. The number of nitrogens with two attached hydrogens (primary N) is 1. The number of hydrogen-bond acceptors (Lipinski definition) is 3. The monoisotopic (exact) mass is 340 g/mol. The largest absolute Gasteiger partial charge is 0.478 e. The molecule has 2 atom stereocenters. The van der Waals surface area contributed by atoms with Gasteiger partial charge in [0.05, 0.1) is 16.7 Å².